The molecule has 1 unspecified atom stereocenters. The normalized spacial score (nSPS) is 13.7. The maximum Gasteiger partial charge on any atom is 0.166 e. The minimum atomic E-state index is 0.0253. The van der Waals surface area contributed by atoms with E-state index in [1.807, 2.05) is 19.9 Å². The number of allylic oxidation sites excluding steroid dienone is 4. The second kappa shape index (κ2) is 11.0. The second-order valence-electron chi connectivity index (χ2n) is 7.93. The molecule has 0 aromatic heterocycles. The lowest BCUT2D eigenvalue weighted by Crippen LogP contribution is -2.23. The van der Waals surface area contributed by atoms with Gasteiger partial charge in [-0.3, -0.25) is 4.79 Å². The molecule has 0 N–H and O–H groups in total. The van der Waals surface area contributed by atoms with Gasteiger partial charge in [-0.2, -0.15) is 0 Å². The summed E-state index contributed by atoms with van der Waals surface area (Å²) in [6.07, 6.45) is 8.79. The van der Waals surface area contributed by atoms with Crippen LogP contribution >= 0.6 is 0 Å². The molecule has 1 aliphatic rings. The van der Waals surface area contributed by atoms with Gasteiger partial charge in [-0.25, -0.2) is 0 Å². The van der Waals surface area contributed by atoms with Crippen molar-refractivity contribution in [1.82, 2.24) is 0 Å². The summed E-state index contributed by atoms with van der Waals surface area (Å²) in [7, 11) is 0. The number of rotatable bonds is 7. The highest BCUT2D eigenvalue weighted by Gasteiger charge is 2.25. The quantitative estimate of drug-likeness (QED) is 0.479. The maximum atomic E-state index is 13.0. The molecule has 2 aromatic rings. The molecule has 0 heterocycles. The van der Waals surface area contributed by atoms with Gasteiger partial charge >= 0.3 is 0 Å². The molecule has 0 saturated heterocycles. The monoisotopic (exact) mass is 388 g/mol. The highest BCUT2D eigenvalue weighted by Crippen LogP contribution is 2.29. The van der Waals surface area contributed by atoms with Gasteiger partial charge in [-0.1, -0.05) is 101 Å². The summed E-state index contributed by atoms with van der Waals surface area (Å²) < 4.78 is 0. The highest BCUT2D eigenvalue weighted by molar-refractivity contribution is 6.00. The average molecular weight is 389 g/mol. The van der Waals surface area contributed by atoms with E-state index >= 15 is 0 Å². The number of aryl methyl sites for hydroxylation is 2. The molecule has 1 nitrogen and oxygen atoms in total. The number of hydrogen-bond acceptors (Lipinski definition) is 1. The third-order valence-electron chi connectivity index (χ3n) is 5.57. The fraction of sp³-hybridized carbons (Fsp3) is 0.393. The van der Waals surface area contributed by atoms with Gasteiger partial charge in [0.05, 0.1) is 0 Å². The molecule has 29 heavy (non-hydrogen) atoms. The first kappa shape index (κ1) is 22.9. The fourth-order valence-corrected chi connectivity index (χ4v) is 3.80. The molecular weight excluding hydrogens is 352 g/mol. The molecular formula is C28H36O. The van der Waals surface area contributed by atoms with Crippen LogP contribution in [0.15, 0.2) is 66.3 Å². The van der Waals surface area contributed by atoms with Crippen molar-refractivity contribution >= 4 is 5.78 Å². The molecule has 1 aliphatic carbocycles. The Kier molecular flexibility index (Phi) is 8.64. The zero-order valence-corrected chi connectivity index (χ0v) is 19.0. The van der Waals surface area contributed by atoms with E-state index < -0.39 is 0 Å². The molecule has 0 radical (unpaired) electrons. The summed E-state index contributed by atoms with van der Waals surface area (Å²) >= 11 is 0. The topological polar surface area (TPSA) is 17.1 Å². The number of ketones is 1. The minimum Gasteiger partial charge on any atom is -0.294 e. The first-order valence-corrected chi connectivity index (χ1v) is 11.1. The van der Waals surface area contributed by atoms with Gasteiger partial charge < -0.3 is 0 Å². The molecule has 2 aromatic carbocycles. The van der Waals surface area contributed by atoms with Crippen molar-refractivity contribution in [3.8, 4) is 11.1 Å². The molecule has 1 heteroatoms. The number of hydrogen-bond donors (Lipinski definition) is 0. The van der Waals surface area contributed by atoms with Gasteiger partial charge in [0.15, 0.2) is 5.78 Å². The van der Waals surface area contributed by atoms with Crippen LogP contribution in [-0.4, -0.2) is 5.78 Å². The summed E-state index contributed by atoms with van der Waals surface area (Å²) in [6.45, 7) is 12.6. The Labute approximate surface area is 177 Å². The lowest BCUT2D eigenvalue weighted by atomic mass is 9.82. The maximum absolute atomic E-state index is 13.0. The van der Waals surface area contributed by atoms with Crippen molar-refractivity contribution in [3.05, 3.63) is 83.0 Å². The van der Waals surface area contributed by atoms with E-state index in [0.717, 1.165) is 24.8 Å². The molecule has 0 amide bonds. The predicted octanol–water partition coefficient (Wildman–Crippen LogP) is 7.52. The molecule has 0 spiro atoms. The van der Waals surface area contributed by atoms with E-state index in [2.05, 4.69) is 82.3 Å². The van der Waals surface area contributed by atoms with Crippen LogP contribution in [0.1, 0.15) is 57.7 Å². The van der Waals surface area contributed by atoms with Crippen LogP contribution < -0.4 is 0 Å². The second-order valence-corrected chi connectivity index (χ2v) is 7.93. The van der Waals surface area contributed by atoms with Gasteiger partial charge in [0.2, 0.25) is 0 Å². The van der Waals surface area contributed by atoms with Crippen molar-refractivity contribution in [2.45, 2.75) is 60.8 Å². The summed E-state index contributed by atoms with van der Waals surface area (Å²) in [5.74, 6) is 0.633. The average Bonchev–Trinajstić information content (AvgIpc) is 3.28. The third kappa shape index (κ3) is 5.79. The Morgan fingerprint density at radius 2 is 1.72 bits per heavy atom. The highest BCUT2D eigenvalue weighted by atomic mass is 16.1. The van der Waals surface area contributed by atoms with E-state index in [9.17, 15) is 4.79 Å². The summed E-state index contributed by atoms with van der Waals surface area (Å²) in [6, 6.07) is 15.5. The van der Waals surface area contributed by atoms with Gasteiger partial charge in [0.1, 0.15) is 0 Å². The largest absolute Gasteiger partial charge is 0.294 e. The van der Waals surface area contributed by atoms with Crippen LogP contribution in [0.4, 0.5) is 0 Å². The van der Waals surface area contributed by atoms with Crippen LogP contribution in [-0.2, 0) is 17.6 Å². The Balaban J connectivity index is 0.00000145. The molecule has 0 aliphatic heterocycles. The summed E-state index contributed by atoms with van der Waals surface area (Å²) in [5.41, 5.74) is 7.32. The van der Waals surface area contributed by atoms with E-state index in [1.54, 1.807) is 0 Å². The lowest BCUT2D eigenvalue weighted by Gasteiger charge is -2.21. The first-order valence-electron chi connectivity index (χ1n) is 11.1. The van der Waals surface area contributed by atoms with Crippen molar-refractivity contribution in [2.75, 3.05) is 0 Å². The van der Waals surface area contributed by atoms with Gasteiger partial charge in [-0.15, -0.1) is 0 Å². The van der Waals surface area contributed by atoms with Crippen LogP contribution in [0.3, 0.4) is 0 Å². The molecule has 1 atom stereocenters. The fourth-order valence-electron chi connectivity index (χ4n) is 3.80. The van der Waals surface area contributed by atoms with Crippen LogP contribution in [0.2, 0.25) is 0 Å². The smallest absolute Gasteiger partial charge is 0.166 e. The Morgan fingerprint density at radius 3 is 2.28 bits per heavy atom. The first-order chi connectivity index (χ1) is 14.0. The van der Waals surface area contributed by atoms with Crippen LogP contribution in [0.5, 0.6) is 0 Å². The van der Waals surface area contributed by atoms with Crippen LogP contribution in [0, 0.1) is 18.8 Å². The number of Topliss-reactive ketones (excluding diaryl/α,β-unsaturated/α-hetero) is 1. The SMILES string of the molecule is CC.CCc1ccc(CC(C(=O)C2=CCC=C2)C(C)C)cc1-c1ccc(C)cc1. The molecule has 3 rings (SSSR count). The number of benzene rings is 2. The molecule has 0 saturated carbocycles. The van der Waals surface area contributed by atoms with E-state index in [0.29, 0.717) is 5.92 Å². The van der Waals surface area contributed by atoms with Crippen molar-refractivity contribution in [2.24, 2.45) is 11.8 Å². The minimum absolute atomic E-state index is 0.0253. The van der Waals surface area contributed by atoms with Crippen molar-refractivity contribution in [3.63, 3.8) is 0 Å². The lowest BCUT2D eigenvalue weighted by molar-refractivity contribution is -0.120. The molecule has 0 bridgehead atoms. The van der Waals surface area contributed by atoms with E-state index in [4.69, 9.17) is 0 Å². The third-order valence-corrected chi connectivity index (χ3v) is 5.57. The predicted molar refractivity (Wildman–Crippen MR) is 126 cm³/mol. The Morgan fingerprint density at radius 1 is 1.03 bits per heavy atom. The Hall–Kier alpha value is -2.41. The van der Waals surface area contributed by atoms with Crippen LogP contribution in [0.25, 0.3) is 11.1 Å². The Bertz CT molecular complexity index is 866. The summed E-state index contributed by atoms with van der Waals surface area (Å²) in [4.78, 5) is 13.0. The summed E-state index contributed by atoms with van der Waals surface area (Å²) in [5, 5.41) is 0. The number of carbonyl (C=O) groups excluding carboxylic acids is 1. The van der Waals surface area contributed by atoms with E-state index in [-0.39, 0.29) is 11.7 Å². The van der Waals surface area contributed by atoms with Crippen molar-refractivity contribution in [1.29, 1.82) is 0 Å². The van der Waals surface area contributed by atoms with E-state index in [1.165, 1.54) is 27.8 Å². The molecule has 154 valence electrons. The zero-order chi connectivity index (χ0) is 21.4. The van der Waals surface area contributed by atoms with Crippen molar-refractivity contribution < 1.29 is 4.79 Å². The standard InChI is InChI=1S/C26H30O.C2H6/c1-5-21-15-12-20(17-25(21)22-13-10-19(4)11-14-22)16-24(18(2)3)26(27)23-8-6-7-9-23;1-2/h6,8-15,17-18,24H,5,7,16H2,1-4H3;1-2H3. The molecule has 0 fully saturated rings. The van der Waals surface area contributed by atoms with Gasteiger partial charge in [0, 0.05) is 11.5 Å². The van der Waals surface area contributed by atoms with Gasteiger partial charge in [-0.05, 0) is 54.4 Å². The zero-order valence-electron chi connectivity index (χ0n) is 19.0. The number of carbonyl (C=O) groups is 1. The van der Waals surface area contributed by atoms with Gasteiger partial charge in [0.25, 0.3) is 0 Å².